The first-order valence-corrected chi connectivity index (χ1v) is 9.06. The van der Waals surface area contributed by atoms with E-state index in [1.807, 2.05) is 0 Å². The van der Waals surface area contributed by atoms with Gasteiger partial charge in [-0.25, -0.2) is 0 Å². The van der Waals surface area contributed by atoms with E-state index in [0.717, 1.165) is 5.92 Å². The van der Waals surface area contributed by atoms with Crippen LogP contribution in [0.15, 0.2) is 42.5 Å². The van der Waals surface area contributed by atoms with E-state index in [-0.39, 0.29) is 0 Å². The number of rotatable bonds is 2. The highest BCUT2D eigenvalue weighted by molar-refractivity contribution is 5.48. The maximum absolute atomic E-state index is 2.63. The van der Waals surface area contributed by atoms with Crippen LogP contribution in [0.4, 0.5) is 0 Å². The molecule has 1 heteroatoms. The molecule has 0 radical (unpaired) electrons. The van der Waals surface area contributed by atoms with Crippen LogP contribution in [0.2, 0.25) is 0 Å². The molecule has 0 amide bonds. The molecule has 2 aromatic carbocycles. The van der Waals surface area contributed by atoms with Gasteiger partial charge in [-0.1, -0.05) is 60.5 Å². The summed E-state index contributed by atoms with van der Waals surface area (Å²) in [7, 11) is 0. The van der Waals surface area contributed by atoms with Crippen LogP contribution in [0.1, 0.15) is 53.0 Å². The van der Waals surface area contributed by atoms with E-state index >= 15 is 0 Å². The highest BCUT2D eigenvalue weighted by Gasteiger charge is 2.43. The van der Waals surface area contributed by atoms with Gasteiger partial charge in [0.2, 0.25) is 0 Å². The van der Waals surface area contributed by atoms with Crippen LogP contribution in [0, 0.1) is 19.8 Å². The molecular formula is C22H27N. The molecule has 1 saturated heterocycles. The third-order valence-electron chi connectivity index (χ3n) is 6.04. The number of hydrogen-bond acceptors (Lipinski definition) is 1. The molecular weight excluding hydrogens is 278 g/mol. The van der Waals surface area contributed by atoms with Gasteiger partial charge in [-0.3, -0.25) is 0 Å². The predicted molar refractivity (Wildman–Crippen MR) is 97.2 cm³/mol. The van der Waals surface area contributed by atoms with Gasteiger partial charge in [0.25, 0.3) is 0 Å². The van der Waals surface area contributed by atoms with Crippen LogP contribution in [-0.2, 0) is 0 Å². The number of likely N-dealkylation sites (tertiary alicyclic amines) is 1. The van der Waals surface area contributed by atoms with Crippen molar-refractivity contribution in [1.82, 2.24) is 4.90 Å². The molecule has 0 unspecified atom stereocenters. The van der Waals surface area contributed by atoms with Crippen LogP contribution in [0.25, 0.3) is 0 Å². The Morgan fingerprint density at radius 3 is 2.43 bits per heavy atom. The zero-order valence-corrected chi connectivity index (χ0v) is 14.5. The number of hydrogen-bond donors (Lipinski definition) is 0. The minimum atomic E-state index is 0.592. The molecule has 4 rings (SSSR count). The van der Waals surface area contributed by atoms with Crippen molar-refractivity contribution in [3.8, 4) is 0 Å². The van der Waals surface area contributed by atoms with Gasteiger partial charge in [0.1, 0.15) is 0 Å². The molecule has 0 saturated carbocycles. The lowest BCUT2D eigenvalue weighted by Gasteiger charge is -2.37. The number of nitrogens with zero attached hydrogens (tertiary/aromatic N) is 1. The average Bonchev–Trinajstić information content (AvgIpc) is 2.88. The SMILES string of the molecule is CCN1CC[C@H]2[C@H](c3ccc(C)cc3)c3cc(C)ccc3[C@H]2C1. The maximum atomic E-state index is 2.63. The van der Waals surface area contributed by atoms with Gasteiger partial charge in [0, 0.05) is 18.4 Å². The van der Waals surface area contributed by atoms with Crippen molar-refractivity contribution >= 4 is 0 Å². The van der Waals surface area contributed by atoms with Gasteiger partial charge < -0.3 is 4.90 Å². The minimum absolute atomic E-state index is 0.592. The standard InChI is InChI=1S/C22H27N/c1-4-23-12-11-19-21(14-23)18-10-7-16(3)13-20(18)22(19)17-8-5-15(2)6-9-17/h5-10,13,19,21-22H,4,11-12,14H2,1-3H3/t19-,21-,22+/m1/s1. The predicted octanol–water partition coefficient (Wildman–Crippen LogP) is 4.87. The molecule has 0 spiro atoms. The smallest absolute Gasteiger partial charge is 0.0127 e. The van der Waals surface area contributed by atoms with Crippen LogP contribution >= 0.6 is 0 Å². The van der Waals surface area contributed by atoms with E-state index in [1.54, 1.807) is 11.1 Å². The second-order valence-corrected chi connectivity index (χ2v) is 7.47. The first-order valence-electron chi connectivity index (χ1n) is 9.06. The van der Waals surface area contributed by atoms with E-state index < -0.39 is 0 Å². The van der Waals surface area contributed by atoms with E-state index in [2.05, 4.69) is 68.1 Å². The zero-order chi connectivity index (χ0) is 16.0. The number of aryl methyl sites for hydroxylation is 2. The zero-order valence-electron chi connectivity index (χ0n) is 14.5. The van der Waals surface area contributed by atoms with E-state index in [0.29, 0.717) is 11.8 Å². The summed E-state index contributed by atoms with van der Waals surface area (Å²) in [6.07, 6.45) is 1.32. The summed E-state index contributed by atoms with van der Waals surface area (Å²) >= 11 is 0. The molecule has 23 heavy (non-hydrogen) atoms. The topological polar surface area (TPSA) is 3.24 Å². The second-order valence-electron chi connectivity index (χ2n) is 7.47. The van der Waals surface area contributed by atoms with Crippen molar-refractivity contribution in [2.24, 2.45) is 5.92 Å². The van der Waals surface area contributed by atoms with Gasteiger partial charge in [-0.05, 0) is 56.0 Å². The van der Waals surface area contributed by atoms with Crippen molar-refractivity contribution in [3.63, 3.8) is 0 Å². The van der Waals surface area contributed by atoms with Crippen molar-refractivity contribution in [1.29, 1.82) is 0 Å². The quantitative estimate of drug-likeness (QED) is 0.765. The molecule has 3 atom stereocenters. The van der Waals surface area contributed by atoms with Crippen LogP contribution in [0.5, 0.6) is 0 Å². The molecule has 1 heterocycles. The Hall–Kier alpha value is -1.60. The molecule has 0 N–H and O–H groups in total. The largest absolute Gasteiger partial charge is 0.303 e. The first kappa shape index (κ1) is 15.0. The Kier molecular flexibility index (Phi) is 3.77. The summed E-state index contributed by atoms with van der Waals surface area (Å²) in [5.41, 5.74) is 7.48. The van der Waals surface area contributed by atoms with Crippen LogP contribution < -0.4 is 0 Å². The summed E-state index contributed by atoms with van der Waals surface area (Å²) in [6.45, 7) is 10.4. The van der Waals surface area contributed by atoms with Crippen LogP contribution in [0.3, 0.4) is 0 Å². The van der Waals surface area contributed by atoms with E-state index in [4.69, 9.17) is 0 Å². The minimum Gasteiger partial charge on any atom is -0.303 e. The molecule has 120 valence electrons. The highest BCUT2D eigenvalue weighted by Crippen LogP contribution is 2.53. The molecule has 2 aromatic rings. The van der Waals surface area contributed by atoms with Gasteiger partial charge in [-0.2, -0.15) is 0 Å². The third-order valence-corrected chi connectivity index (χ3v) is 6.04. The Bertz CT molecular complexity index is 700. The van der Waals surface area contributed by atoms with E-state index in [1.165, 1.54) is 42.7 Å². The molecule has 1 aliphatic carbocycles. The molecule has 0 aromatic heterocycles. The maximum Gasteiger partial charge on any atom is 0.0127 e. The average molecular weight is 305 g/mol. The Balaban J connectivity index is 1.80. The lowest BCUT2D eigenvalue weighted by Crippen LogP contribution is -2.38. The van der Waals surface area contributed by atoms with Crippen LogP contribution in [-0.4, -0.2) is 24.5 Å². The molecule has 1 aliphatic heterocycles. The second kappa shape index (κ2) is 5.79. The first-order chi connectivity index (χ1) is 11.2. The van der Waals surface area contributed by atoms with Gasteiger partial charge >= 0.3 is 0 Å². The number of likely N-dealkylation sites (N-methyl/N-ethyl adjacent to an activating group) is 1. The summed E-state index contributed by atoms with van der Waals surface area (Å²) in [5, 5.41) is 0. The number of fused-ring (bicyclic) bond motifs is 3. The fraction of sp³-hybridized carbons (Fsp3) is 0.455. The Labute approximate surface area is 140 Å². The van der Waals surface area contributed by atoms with Crippen molar-refractivity contribution < 1.29 is 0 Å². The fourth-order valence-corrected chi connectivity index (χ4v) is 4.79. The molecule has 1 fully saturated rings. The fourth-order valence-electron chi connectivity index (χ4n) is 4.79. The van der Waals surface area contributed by atoms with Crippen molar-refractivity contribution in [2.75, 3.05) is 19.6 Å². The van der Waals surface area contributed by atoms with Crippen molar-refractivity contribution in [3.05, 3.63) is 70.3 Å². The van der Waals surface area contributed by atoms with Gasteiger partial charge in [0.15, 0.2) is 0 Å². The summed E-state index contributed by atoms with van der Waals surface area (Å²) in [4.78, 5) is 2.63. The monoisotopic (exact) mass is 305 g/mol. The normalized spacial score (nSPS) is 26.8. The summed E-state index contributed by atoms with van der Waals surface area (Å²) in [6, 6.07) is 16.4. The molecule has 1 nitrogen and oxygen atoms in total. The molecule has 2 aliphatic rings. The lowest BCUT2D eigenvalue weighted by atomic mass is 9.78. The molecule has 0 bridgehead atoms. The Morgan fingerprint density at radius 1 is 0.957 bits per heavy atom. The summed E-state index contributed by atoms with van der Waals surface area (Å²) in [5.74, 6) is 2.08. The van der Waals surface area contributed by atoms with E-state index in [9.17, 15) is 0 Å². The van der Waals surface area contributed by atoms with Gasteiger partial charge in [-0.15, -0.1) is 0 Å². The highest BCUT2D eigenvalue weighted by atomic mass is 15.1. The van der Waals surface area contributed by atoms with Crippen molar-refractivity contribution in [2.45, 2.75) is 39.0 Å². The third kappa shape index (κ3) is 2.52. The number of piperidine rings is 1. The Morgan fingerprint density at radius 2 is 1.70 bits per heavy atom. The van der Waals surface area contributed by atoms with Gasteiger partial charge in [0.05, 0.1) is 0 Å². The summed E-state index contributed by atoms with van der Waals surface area (Å²) < 4.78 is 0. The lowest BCUT2D eigenvalue weighted by molar-refractivity contribution is 0.167. The number of benzene rings is 2.